The van der Waals surface area contributed by atoms with Gasteiger partial charge in [0.15, 0.2) is 34.7 Å². The van der Waals surface area contributed by atoms with Crippen LogP contribution in [0.5, 0.6) is 5.75 Å². The average Bonchev–Trinajstić information content (AvgIpc) is 3.21. The first-order valence-electron chi connectivity index (χ1n) is 11.6. The van der Waals surface area contributed by atoms with Crippen molar-refractivity contribution in [3.63, 3.8) is 0 Å². The van der Waals surface area contributed by atoms with Crippen LogP contribution in [0, 0.1) is 30.6 Å². The van der Waals surface area contributed by atoms with E-state index in [-0.39, 0.29) is 24.2 Å². The van der Waals surface area contributed by atoms with Crippen LogP contribution in [0.3, 0.4) is 0 Å². The van der Waals surface area contributed by atoms with E-state index in [0.717, 1.165) is 5.56 Å². The topological polar surface area (TPSA) is 168 Å². The second-order valence-electron chi connectivity index (χ2n) is 10.2. The number of aryl methyl sites for hydroxylation is 1. The lowest BCUT2D eigenvalue weighted by Crippen LogP contribution is -2.74. The van der Waals surface area contributed by atoms with Gasteiger partial charge in [-0.25, -0.2) is 0 Å². The minimum absolute atomic E-state index is 0.00384. The fraction of sp³-hybridized carbons (Fsp3) is 0.423. The summed E-state index contributed by atoms with van der Waals surface area (Å²) in [6.07, 6.45) is 1.68. The lowest BCUT2D eigenvalue weighted by molar-refractivity contribution is -0.181. The average molecular weight is 495 g/mol. The maximum atomic E-state index is 13.8. The van der Waals surface area contributed by atoms with Gasteiger partial charge < -0.3 is 20.4 Å². The number of aromatic hydroxyl groups is 1. The van der Waals surface area contributed by atoms with Crippen molar-refractivity contribution >= 4 is 29.0 Å². The molecular formula is C26H26N2O8. The Balaban J connectivity index is 1.67. The van der Waals surface area contributed by atoms with E-state index in [9.17, 15) is 34.2 Å². The third-order valence-corrected chi connectivity index (χ3v) is 8.05. The highest BCUT2D eigenvalue weighted by atomic mass is 16.3. The number of carbonyl (C=O) groups excluding carboxylic acids is 5. The van der Waals surface area contributed by atoms with E-state index < -0.39 is 64.4 Å². The van der Waals surface area contributed by atoms with Crippen molar-refractivity contribution in [1.29, 1.82) is 0 Å². The van der Waals surface area contributed by atoms with Crippen molar-refractivity contribution in [2.24, 2.45) is 29.4 Å². The first-order valence-corrected chi connectivity index (χ1v) is 11.6. The van der Waals surface area contributed by atoms with Crippen LogP contribution in [0.4, 0.5) is 0 Å². The molecule has 1 aromatic heterocycles. The number of nitrogens with zero attached hydrogens (tertiary/aromatic N) is 1. The summed E-state index contributed by atoms with van der Waals surface area (Å²) in [5.41, 5.74) is 4.45. The molecule has 2 aromatic rings. The molecule has 188 valence electrons. The van der Waals surface area contributed by atoms with Crippen molar-refractivity contribution < 1.29 is 38.6 Å². The molecule has 1 heterocycles. The molecule has 5 rings (SSSR count). The van der Waals surface area contributed by atoms with Gasteiger partial charge in [-0.1, -0.05) is 0 Å². The summed E-state index contributed by atoms with van der Waals surface area (Å²) in [5.74, 6) is -10.1. The van der Waals surface area contributed by atoms with Gasteiger partial charge in [-0.15, -0.1) is 0 Å². The van der Waals surface area contributed by atoms with Crippen LogP contribution in [-0.4, -0.2) is 69.9 Å². The summed E-state index contributed by atoms with van der Waals surface area (Å²) in [4.78, 5) is 67.4. The van der Waals surface area contributed by atoms with E-state index in [2.05, 4.69) is 0 Å². The zero-order chi connectivity index (χ0) is 26.3. The Morgan fingerprint density at radius 2 is 1.83 bits per heavy atom. The second kappa shape index (κ2) is 7.94. The van der Waals surface area contributed by atoms with E-state index in [1.54, 1.807) is 26.2 Å². The molecule has 2 unspecified atom stereocenters. The van der Waals surface area contributed by atoms with E-state index >= 15 is 0 Å². The highest BCUT2D eigenvalue weighted by Gasteiger charge is 2.69. The number of phenols is 1. The second-order valence-corrected chi connectivity index (χ2v) is 10.2. The fourth-order valence-corrected chi connectivity index (χ4v) is 6.47. The lowest BCUT2D eigenvalue weighted by Gasteiger charge is -2.52. The van der Waals surface area contributed by atoms with Crippen LogP contribution >= 0.6 is 0 Å². The first-order chi connectivity index (χ1) is 16.9. The molecule has 10 heteroatoms. The highest BCUT2D eigenvalue weighted by molar-refractivity contribution is 6.32. The monoisotopic (exact) mass is 494 g/mol. The Morgan fingerprint density at radius 1 is 1.14 bits per heavy atom. The largest absolute Gasteiger partial charge is 0.507 e. The maximum Gasteiger partial charge on any atom is 0.235 e. The number of rotatable bonds is 3. The van der Waals surface area contributed by atoms with E-state index in [1.165, 1.54) is 17.2 Å². The Kier molecular flexibility index (Phi) is 5.31. The number of furan rings is 1. The van der Waals surface area contributed by atoms with E-state index in [0.29, 0.717) is 16.9 Å². The summed E-state index contributed by atoms with van der Waals surface area (Å²) < 4.78 is 5.62. The fourth-order valence-electron chi connectivity index (χ4n) is 6.47. The molecule has 2 saturated carbocycles. The lowest BCUT2D eigenvalue weighted by atomic mass is 9.52. The van der Waals surface area contributed by atoms with Gasteiger partial charge in [0, 0.05) is 11.5 Å². The van der Waals surface area contributed by atoms with Gasteiger partial charge in [-0.05, 0) is 69.1 Å². The van der Waals surface area contributed by atoms with Gasteiger partial charge >= 0.3 is 0 Å². The van der Waals surface area contributed by atoms with E-state index in [1.807, 2.05) is 6.92 Å². The number of carbonyl (C=O) groups is 5. The smallest absolute Gasteiger partial charge is 0.235 e. The number of Topliss-reactive ketones (excluding diaryl/α,β-unsaturated/α-hetero) is 4. The van der Waals surface area contributed by atoms with Crippen LogP contribution in [0.1, 0.15) is 27.9 Å². The third-order valence-electron chi connectivity index (χ3n) is 8.05. The SMILES string of the molecule is Cc1ccoc1-c1ccc(O)c2c1C[C@H]1C[C@H]3[C@H](N(C)C)C(=O)C(C(N)=O)C(=O)[C@@]3(O)C(=O)C1C2=O. The molecule has 1 aromatic carbocycles. The number of hydrogen-bond donors (Lipinski definition) is 3. The van der Waals surface area contributed by atoms with Gasteiger partial charge in [0.05, 0.1) is 23.8 Å². The third kappa shape index (κ3) is 3.00. The number of amides is 1. The number of nitrogens with two attached hydrogens (primary N) is 1. The van der Waals surface area contributed by atoms with Crippen LogP contribution < -0.4 is 5.73 Å². The zero-order valence-electron chi connectivity index (χ0n) is 20.0. The number of benzene rings is 1. The Morgan fingerprint density at radius 3 is 2.42 bits per heavy atom. The van der Waals surface area contributed by atoms with Crippen LogP contribution in [0.15, 0.2) is 28.9 Å². The van der Waals surface area contributed by atoms with Crippen LogP contribution in [-0.2, 0) is 25.6 Å². The zero-order valence-corrected chi connectivity index (χ0v) is 20.0. The Labute approximate surface area is 206 Å². The predicted molar refractivity (Wildman–Crippen MR) is 124 cm³/mol. The summed E-state index contributed by atoms with van der Waals surface area (Å²) >= 11 is 0. The molecule has 0 bridgehead atoms. The minimum Gasteiger partial charge on any atom is -0.507 e. The standard InChI is InChI=1S/C26H26N2O8/c1-10-6-7-36-22(10)12-4-5-15(29)17-13(12)8-11-9-14-19(28(2)3)21(31)18(25(27)34)24(33)26(14,35)23(32)16(11)20(17)30/h4-7,11,14,16,18-19,29,35H,8-9H2,1-3H3,(H2,27,34)/t11-,14-,16?,18?,19-,26-/m0/s1. The maximum absolute atomic E-state index is 13.8. The minimum atomic E-state index is -2.73. The highest BCUT2D eigenvalue weighted by Crippen LogP contribution is 2.51. The summed E-state index contributed by atoms with van der Waals surface area (Å²) in [7, 11) is 3.09. The van der Waals surface area contributed by atoms with Gasteiger partial charge in [0.1, 0.15) is 11.5 Å². The molecule has 4 N–H and O–H groups in total. The van der Waals surface area contributed by atoms with Crippen molar-refractivity contribution in [3.05, 3.63) is 41.2 Å². The number of ketones is 4. The van der Waals surface area contributed by atoms with Crippen molar-refractivity contribution in [2.75, 3.05) is 14.1 Å². The molecule has 0 spiro atoms. The number of aliphatic hydroxyl groups is 1. The molecular weight excluding hydrogens is 468 g/mol. The molecule has 1 amide bonds. The number of primary amides is 1. The number of hydrogen-bond acceptors (Lipinski definition) is 9. The van der Waals surface area contributed by atoms with Crippen molar-refractivity contribution in [3.8, 4) is 17.1 Å². The molecule has 2 fully saturated rings. The van der Waals surface area contributed by atoms with Gasteiger partial charge in [-0.3, -0.25) is 28.9 Å². The molecule has 0 radical (unpaired) electrons. The first kappa shape index (κ1) is 24.1. The Bertz CT molecular complexity index is 1360. The predicted octanol–water partition coefficient (Wildman–Crippen LogP) is 0.435. The van der Waals surface area contributed by atoms with E-state index in [4.69, 9.17) is 10.2 Å². The van der Waals surface area contributed by atoms with Gasteiger partial charge in [0.25, 0.3) is 0 Å². The van der Waals surface area contributed by atoms with Gasteiger partial charge in [-0.2, -0.15) is 0 Å². The normalized spacial score (nSPS) is 31.8. The number of fused-ring (bicyclic) bond motifs is 3. The van der Waals surface area contributed by atoms with Crippen molar-refractivity contribution in [1.82, 2.24) is 4.90 Å². The molecule has 3 aliphatic carbocycles. The van der Waals surface area contributed by atoms with Crippen LogP contribution in [0.25, 0.3) is 11.3 Å². The molecule has 0 aliphatic heterocycles. The molecule has 6 atom stereocenters. The number of likely N-dealkylation sites (N-methyl/N-ethyl adjacent to an activating group) is 1. The summed E-state index contributed by atoms with van der Waals surface area (Å²) in [6, 6.07) is 3.61. The van der Waals surface area contributed by atoms with Crippen LogP contribution in [0.2, 0.25) is 0 Å². The summed E-state index contributed by atoms with van der Waals surface area (Å²) in [5, 5.41) is 22.2. The summed E-state index contributed by atoms with van der Waals surface area (Å²) in [6.45, 7) is 1.84. The van der Waals surface area contributed by atoms with Gasteiger partial charge in [0.2, 0.25) is 5.91 Å². The molecule has 10 nitrogen and oxygen atoms in total. The quantitative estimate of drug-likeness (QED) is 0.513. The molecule has 0 saturated heterocycles. The number of phenolic OH excluding ortho intramolecular Hbond substituents is 1. The molecule has 36 heavy (non-hydrogen) atoms. The molecule has 3 aliphatic rings. The Hall–Kier alpha value is -3.63. The van der Waals surface area contributed by atoms with Crippen molar-refractivity contribution in [2.45, 2.75) is 31.4 Å².